The van der Waals surface area contributed by atoms with Gasteiger partial charge in [-0.1, -0.05) is 12.1 Å². The van der Waals surface area contributed by atoms with Crippen LogP contribution in [0.5, 0.6) is 0 Å². The van der Waals surface area contributed by atoms with Crippen molar-refractivity contribution in [3.8, 4) is 6.07 Å². The van der Waals surface area contributed by atoms with Crippen molar-refractivity contribution in [2.75, 3.05) is 0 Å². The molecule has 0 bridgehead atoms. The van der Waals surface area contributed by atoms with E-state index in [9.17, 15) is 4.79 Å². The van der Waals surface area contributed by atoms with Gasteiger partial charge in [0.1, 0.15) is 0 Å². The predicted octanol–water partition coefficient (Wildman–Crippen LogP) is 3.39. The molecule has 82 valence electrons. The number of ketones is 1. The van der Waals surface area contributed by atoms with Crippen LogP contribution in [0, 0.1) is 14.9 Å². The first-order chi connectivity index (χ1) is 8.20. The Labute approximate surface area is 113 Å². The fraction of sp³-hybridized carbons (Fsp3) is 0. The van der Waals surface area contributed by atoms with Gasteiger partial charge in [-0.05, 0) is 59.0 Å². The molecule has 0 unspecified atom stereocenters. The van der Waals surface area contributed by atoms with Gasteiger partial charge >= 0.3 is 0 Å². The Morgan fingerprint density at radius 3 is 2.41 bits per heavy atom. The Hall–Kier alpha value is -1.67. The van der Waals surface area contributed by atoms with Crippen molar-refractivity contribution in [2.45, 2.75) is 0 Å². The maximum absolute atomic E-state index is 12.1. The highest BCUT2D eigenvalue weighted by atomic mass is 127. The first-order valence-electron chi connectivity index (χ1n) is 5.01. The molecule has 0 aliphatic heterocycles. The number of hydrogen-bond acceptors (Lipinski definition) is 2. The zero-order chi connectivity index (χ0) is 12.3. The lowest BCUT2D eigenvalue weighted by Gasteiger charge is -2.01. The molecule has 2 aromatic rings. The van der Waals surface area contributed by atoms with Crippen molar-refractivity contribution < 1.29 is 4.79 Å². The van der Waals surface area contributed by atoms with E-state index in [1.165, 1.54) is 0 Å². The Morgan fingerprint density at radius 1 is 1.06 bits per heavy atom. The number of nitrogens with zero attached hydrogens (tertiary/aromatic N) is 1. The largest absolute Gasteiger partial charge is 0.289 e. The summed E-state index contributed by atoms with van der Waals surface area (Å²) in [5.41, 5.74) is 1.69. The SMILES string of the molecule is N#Cc1cccc(C(=O)c2ccc(I)cc2)c1. The molecule has 3 heteroatoms. The van der Waals surface area contributed by atoms with Gasteiger partial charge in [0.2, 0.25) is 0 Å². The highest BCUT2D eigenvalue weighted by Gasteiger charge is 2.08. The highest BCUT2D eigenvalue weighted by molar-refractivity contribution is 14.1. The standard InChI is InChI=1S/C14H8INO/c15-13-6-4-11(5-7-13)14(17)12-3-1-2-10(8-12)9-16/h1-8H. The lowest BCUT2D eigenvalue weighted by atomic mass is 10.0. The zero-order valence-corrected chi connectivity index (χ0v) is 11.0. The third-order valence-electron chi connectivity index (χ3n) is 2.36. The number of hydrogen-bond donors (Lipinski definition) is 0. The number of carbonyl (C=O) groups excluding carboxylic acids is 1. The van der Waals surface area contributed by atoms with E-state index in [4.69, 9.17) is 5.26 Å². The van der Waals surface area contributed by atoms with Crippen LogP contribution in [0.4, 0.5) is 0 Å². The number of rotatable bonds is 2. The molecular weight excluding hydrogens is 325 g/mol. The minimum Gasteiger partial charge on any atom is -0.289 e. The minimum absolute atomic E-state index is 0.0569. The monoisotopic (exact) mass is 333 g/mol. The van der Waals surface area contributed by atoms with Gasteiger partial charge in [-0.25, -0.2) is 0 Å². The second-order valence-corrected chi connectivity index (χ2v) is 4.77. The van der Waals surface area contributed by atoms with E-state index in [-0.39, 0.29) is 5.78 Å². The second kappa shape index (κ2) is 5.11. The average Bonchev–Trinajstić information content (AvgIpc) is 2.39. The van der Waals surface area contributed by atoms with E-state index in [2.05, 4.69) is 22.6 Å². The van der Waals surface area contributed by atoms with Gasteiger partial charge in [-0.3, -0.25) is 4.79 Å². The molecule has 0 fully saturated rings. The molecule has 0 N–H and O–H groups in total. The Kier molecular flexibility index (Phi) is 3.55. The van der Waals surface area contributed by atoms with Gasteiger partial charge in [0.15, 0.2) is 5.78 Å². The molecule has 0 spiro atoms. The van der Waals surface area contributed by atoms with E-state index in [0.29, 0.717) is 16.7 Å². The second-order valence-electron chi connectivity index (χ2n) is 3.53. The van der Waals surface area contributed by atoms with Gasteiger partial charge in [-0.2, -0.15) is 5.26 Å². The van der Waals surface area contributed by atoms with Crippen LogP contribution < -0.4 is 0 Å². The molecule has 0 heterocycles. The summed E-state index contributed by atoms with van der Waals surface area (Å²) in [6.45, 7) is 0. The molecule has 0 atom stereocenters. The van der Waals surface area contributed by atoms with Crippen molar-refractivity contribution >= 4 is 28.4 Å². The third kappa shape index (κ3) is 2.71. The topological polar surface area (TPSA) is 40.9 Å². The van der Waals surface area contributed by atoms with Crippen LogP contribution >= 0.6 is 22.6 Å². The highest BCUT2D eigenvalue weighted by Crippen LogP contribution is 2.13. The Morgan fingerprint density at radius 2 is 1.76 bits per heavy atom. The minimum atomic E-state index is -0.0569. The number of carbonyl (C=O) groups is 1. The fourth-order valence-corrected chi connectivity index (χ4v) is 1.86. The van der Waals surface area contributed by atoms with Gasteiger partial charge < -0.3 is 0 Å². The lowest BCUT2D eigenvalue weighted by Crippen LogP contribution is -2.01. The van der Waals surface area contributed by atoms with E-state index in [0.717, 1.165) is 3.57 Å². The van der Waals surface area contributed by atoms with Crippen LogP contribution in [0.2, 0.25) is 0 Å². The van der Waals surface area contributed by atoms with Crippen molar-refractivity contribution in [1.29, 1.82) is 5.26 Å². The van der Waals surface area contributed by atoms with Gasteiger partial charge in [0, 0.05) is 14.7 Å². The molecule has 2 rings (SSSR count). The number of benzene rings is 2. The van der Waals surface area contributed by atoms with Crippen LogP contribution in [0.15, 0.2) is 48.5 Å². The van der Waals surface area contributed by atoms with Gasteiger partial charge in [-0.15, -0.1) is 0 Å². The van der Waals surface area contributed by atoms with Crippen molar-refractivity contribution in [1.82, 2.24) is 0 Å². The summed E-state index contributed by atoms with van der Waals surface area (Å²) in [4.78, 5) is 12.1. The summed E-state index contributed by atoms with van der Waals surface area (Å²) in [5.74, 6) is -0.0569. The van der Waals surface area contributed by atoms with Crippen LogP contribution in [-0.2, 0) is 0 Å². The maximum atomic E-state index is 12.1. The van der Waals surface area contributed by atoms with Crippen molar-refractivity contribution in [3.05, 3.63) is 68.8 Å². The normalized spacial score (nSPS) is 9.65. The smallest absolute Gasteiger partial charge is 0.193 e. The predicted molar refractivity (Wildman–Crippen MR) is 73.7 cm³/mol. The molecule has 0 aromatic heterocycles. The molecule has 0 amide bonds. The maximum Gasteiger partial charge on any atom is 0.193 e. The van der Waals surface area contributed by atoms with Crippen molar-refractivity contribution in [3.63, 3.8) is 0 Å². The van der Waals surface area contributed by atoms with Gasteiger partial charge in [0.25, 0.3) is 0 Å². The Bertz CT molecular complexity index is 596. The summed E-state index contributed by atoms with van der Waals surface area (Å²) >= 11 is 2.19. The lowest BCUT2D eigenvalue weighted by molar-refractivity contribution is 0.103. The van der Waals surface area contributed by atoms with Gasteiger partial charge in [0.05, 0.1) is 11.6 Å². The third-order valence-corrected chi connectivity index (χ3v) is 3.08. The molecule has 2 nitrogen and oxygen atoms in total. The van der Waals surface area contributed by atoms with Crippen LogP contribution in [-0.4, -0.2) is 5.78 Å². The summed E-state index contributed by atoms with van der Waals surface area (Å²) in [7, 11) is 0. The summed E-state index contributed by atoms with van der Waals surface area (Å²) in [6.07, 6.45) is 0. The number of halogens is 1. The molecular formula is C14H8INO. The van der Waals surface area contributed by atoms with Crippen LogP contribution in [0.3, 0.4) is 0 Å². The first-order valence-corrected chi connectivity index (χ1v) is 6.09. The van der Waals surface area contributed by atoms with Crippen LogP contribution in [0.25, 0.3) is 0 Å². The van der Waals surface area contributed by atoms with E-state index in [1.807, 2.05) is 18.2 Å². The quantitative estimate of drug-likeness (QED) is 0.624. The molecule has 2 aromatic carbocycles. The first kappa shape index (κ1) is 11.8. The summed E-state index contributed by atoms with van der Waals surface area (Å²) in [5, 5.41) is 8.79. The van der Waals surface area contributed by atoms with Crippen molar-refractivity contribution in [2.24, 2.45) is 0 Å². The van der Waals surface area contributed by atoms with E-state index >= 15 is 0 Å². The molecule has 0 aliphatic rings. The molecule has 17 heavy (non-hydrogen) atoms. The molecule has 0 radical (unpaired) electrons. The summed E-state index contributed by atoms with van der Waals surface area (Å²) in [6, 6.07) is 16.1. The average molecular weight is 333 g/mol. The molecule has 0 aliphatic carbocycles. The van der Waals surface area contributed by atoms with E-state index in [1.54, 1.807) is 36.4 Å². The fourth-order valence-electron chi connectivity index (χ4n) is 1.50. The summed E-state index contributed by atoms with van der Waals surface area (Å²) < 4.78 is 1.09. The molecule has 0 saturated heterocycles. The van der Waals surface area contributed by atoms with Crippen LogP contribution in [0.1, 0.15) is 21.5 Å². The number of nitriles is 1. The molecule has 0 saturated carbocycles. The Balaban J connectivity index is 2.37. The zero-order valence-electron chi connectivity index (χ0n) is 8.85. The van der Waals surface area contributed by atoms with E-state index < -0.39 is 0 Å².